The number of nitrogens with zero attached hydrogens (tertiary/aromatic N) is 4. The number of aromatic nitrogens is 4. The van der Waals surface area contributed by atoms with Gasteiger partial charge in [-0.05, 0) is 76.9 Å². The van der Waals surface area contributed by atoms with Crippen LogP contribution in [0, 0.1) is 0 Å². The summed E-state index contributed by atoms with van der Waals surface area (Å²) in [7, 11) is 0. The molecule has 0 aliphatic carbocycles. The summed E-state index contributed by atoms with van der Waals surface area (Å²) in [6.07, 6.45) is 1.03. The molecule has 4 aromatic rings. The van der Waals surface area contributed by atoms with Crippen molar-refractivity contribution in [1.82, 2.24) is 19.6 Å². The summed E-state index contributed by atoms with van der Waals surface area (Å²) in [5.41, 5.74) is 1.91. The molecule has 2 aromatic carbocycles. The summed E-state index contributed by atoms with van der Waals surface area (Å²) in [5, 5.41) is 29.2. The maximum atomic E-state index is 12.0. The fourth-order valence-electron chi connectivity index (χ4n) is 4.00. The second-order valence-corrected chi connectivity index (χ2v) is 9.90. The van der Waals surface area contributed by atoms with Crippen molar-refractivity contribution in [1.29, 1.82) is 0 Å². The number of aliphatic carboxylic acids is 2. The molecule has 2 N–H and O–H groups in total. The van der Waals surface area contributed by atoms with Gasteiger partial charge >= 0.3 is 11.9 Å². The van der Waals surface area contributed by atoms with E-state index >= 15 is 0 Å². The molecule has 0 bridgehead atoms. The van der Waals surface area contributed by atoms with Gasteiger partial charge < -0.3 is 10.2 Å². The van der Waals surface area contributed by atoms with Crippen LogP contribution in [0.5, 0.6) is 0 Å². The van der Waals surface area contributed by atoms with Gasteiger partial charge in [0.1, 0.15) is 10.8 Å². The number of rotatable bonds is 9. The highest BCUT2D eigenvalue weighted by Gasteiger charge is 2.35. The lowest BCUT2D eigenvalue weighted by Gasteiger charge is -2.20. The van der Waals surface area contributed by atoms with E-state index in [2.05, 4.69) is 0 Å². The van der Waals surface area contributed by atoms with Crippen LogP contribution < -0.4 is 0 Å². The van der Waals surface area contributed by atoms with Crippen LogP contribution in [-0.4, -0.2) is 41.7 Å². The van der Waals surface area contributed by atoms with Crippen LogP contribution in [0.25, 0.3) is 11.4 Å². The molecule has 0 fully saturated rings. The number of aryl methyl sites for hydroxylation is 2. The van der Waals surface area contributed by atoms with E-state index in [1.807, 2.05) is 72.8 Å². The molecule has 0 spiro atoms. The molecular weight excluding hydrogens is 456 g/mol. The summed E-state index contributed by atoms with van der Waals surface area (Å²) in [6, 6.07) is 22.6. The fourth-order valence-corrected chi connectivity index (χ4v) is 4.00. The third-order valence-corrected chi connectivity index (χ3v) is 6.51. The highest BCUT2D eigenvalue weighted by Crippen LogP contribution is 2.29. The monoisotopic (exact) mass is 486 g/mol. The molecule has 0 radical (unpaired) electrons. The molecule has 8 heteroatoms. The predicted molar refractivity (Wildman–Crippen MR) is 136 cm³/mol. The van der Waals surface area contributed by atoms with E-state index in [0.717, 1.165) is 22.8 Å². The van der Waals surface area contributed by atoms with Gasteiger partial charge in [0.15, 0.2) is 0 Å². The first kappa shape index (κ1) is 24.9. The lowest BCUT2D eigenvalue weighted by molar-refractivity contribution is -0.143. The molecule has 0 saturated carbocycles. The average Bonchev–Trinajstić information content (AvgIpc) is 3.49. The van der Waals surface area contributed by atoms with Gasteiger partial charge in [-0.25, -0.2) is 9.36 Å². The molecule has 2 aromatic heterocycles. The number of carboxylic acids is 2. The van der Waals surface area contributed by atoms with E-state index in [9.17, 15) is 19.8 Å². The number of hydrogen-bond acceptors (Lipinski definition) is 4. The Morgan fingerprint density at radius 2 is 1.00 bits per heavy atom. The Hall–Kier alpha value is -4.20. The van der Waals surface area contributed by atoms with Gasteiger partial charge in [0.25, 0.3) is 0 Å². The number of carbonyl (C=O) groups is 2. The van der Waals surface area contributed by atoms with E-state index in [1.165, 1.54) is 0 Å². The molecule has 0 aliphatic rings. The van der Waals surface area contributed by atoms with Crippen molar-refractivity contribution in [2.24, 2.45) is 0 Å². The van der Waals surface area contributed by atoms with Gasteiger partial charge in [-0.3, -0.25) is 9.59 Å². The third kappa shape index (κ3) is 4.66. The van der Waals surface area contributed by atoms with Crippen molar-refractivity contribution in [2.75, 3.05) is 0 Å². The van der Waals surface area contributed by atoms with Crippen LogP contribution in [0.2, 0.25) is 0 Å². The highest BCUT2D eigenvalue weighted by molar-refractivity contribution is 5.80. The van der Waals surface area contributed by atoms with Crippen molar-refractivity contribution in [3.05, 3.63) is 95.6 Å². The SMILES string of the molecule is CC(C)(C(=O)O)c1cc(CCc2cc(C(C)(C)C(=O)O)n(-c3ccccc3)n2)nn1-c1ccccc1. The van der Waals surface area contributed by atoms with Gasteiger partial charge in [-0.1, -0.05) is 36.4 Å². The van der Waals surface area contributed by atoms with Crippen molar-refractivity contribution in [3.63, 3.8) is 0 Å². The Bertz CT molecular complexity index is 1280. The zero-order valence-electron chi connectivity index (χ0n) is 20.8. The smallest absolute Gasteiger partial charge is 0.315 e. The standard InChI is InChI=1S/C28H30N4O4/c1-27(2,25(33)34)23-17-19(29-31(23)21-11-7-5-8-12-21)15-16-20-18-24(28(3,4)26(35)36)32(30-20)22-13-9-6-10-14-22/h5-14,17-18H,15-16H2,1-4H3,(H,33,34)(H,35,36). The van der Waals surface area contributed by atoms with E-state index in [1.54, 1.807) is 37.1 Å². The van der Waals surface area contributed by atoms with Gasteiger partial charge in [0.2, 0.25) is 0 Å². The lowest BCUT2D eigenvalue weighted by atomic mass is 9.88. The van der Waals surface area contributed by atoms with Crippen LogP contribution in [0.15, 0.2) is 72.8 Å². The van der Waals surface area contributed by atoms with Crippen molar-refractivity contribution in [2.45, 2.75) is 51.4 Å². The van der Waals surface area contributed by atoms with Crippen LogP contribution >= 0.6 is 0 Å². The minimum Gasteiger partial charge on any atom is -0.481 e. The number of para-hydroxylation sites is 2. The van der Waals surface area contributed by atoms with Crippen LogP contribution in [0.3, 0.4) is 0 Å². The normalized spacial score (nSPS) is 12.0. The second kappa shape index (κ2) is 9.45. The summed E-state index contributed by atoms with van der Waals surface area (Å²) in [5.74, 6) is -1.87. The van der Waals surface area contributed by atoms with Crippen molar-refractivity contribution >= 4 is 11.9 Å². The van der Waals surface area contributed by atoms with Gasteiger partial charge in [0, 0.05) is 0 Å². The van der Waals surface area contributed by atoms with Crippen molar-refractivity contribution < 1.29 is 19.8 Å². The van der Waals surface area contributed by atoms with Gasteiger partial charge in [-0.15, -0.1) is 0 Å². The van der Waals surface area contributed by atoms with E-state index in [-0.39, 0.29) is 0 Å². The molecule has 0 saturated heterocycles. The van der Waals surface area contributed by atoms with Crippen molar-refractivity contribution in [3.8, 4) is 11.4 Å². The Morgan fingerprint density at radius 1 is 0.667 bits per heavy atom. The minimum absolute atomic E-state index is 0.515. The molecular formula is C28H30N4O4. The van der Waals surface area contributed by atoms with E-state index < -0.39 is 22.8 Å². The third-order valence-electron chi connectivity index (χ3n) is 6.51. The highest BCUT2D eigenvalue weighted by atomic mass is 16.4. The topological polar surface area (TPSA) is 110 Å². The first-order valence-corrected chi connectivity index (χ1v) is 11.8. The summed E-state index contributed by atoms with van der Waals surface area (Å²) in [6.45, 7) is 6.66. The first-order valence-electron chi connectivity index (χ1n) is 11.8. The quantitative estimate of drug-likeness (QED) is 0.359. The average molecular weight is 487 g/mol. The maximum absolute atomic E-state index is 12.0. The summed E-state index contributed by atoms with van der Waals surface area (Å²) >= 11 is 0. The fraction of sp³-hybridized carbons (Fsp3) is 0.286. The molecule has 4 rings (SSSR count). The molecule has 36 heavy (non-hydrogen) atoms. The molecule has 8 nitrogen and oxygen atoms in total. The molecule has 186 valence electrons. The predicted octanol–water partition coefficient (Wildman–Crippen LogP) is 4.57. The van der Waals surface area contributed by atoms with Gasteiger partial charge in [0.05, 0.1) is 34.2 Å². The Kier molecular flexibility index (Phi) is 6.54. The van der Waals surface area contributed by atoms with Crippen LogP contribution in [0.4, 0.5) is 0 Å². The molecule has 0 amide bonds. The zero-order valence-corrected chi connectivity index (χ0v) is 20.8. The van der Waals surface area contributed by atoms with Gasteiger partial charge in [-0.2, -0.15) is 10.2 Å². The van der Waals surface area contributed by atoms with E-state index in [4.69, 9.17) is 10.2 Å². The second-order valence-electron chi connectivity index (χ2n) is 9.90. The largest absolute Gasteiger partial charge is 0.481 e. The molecule has 0 unspecified atom stereocenters. The number of benzene rings is 2. The Morgan fingerprint density at radius 3 is 1.31 bits per heavy atom. The number of carboxylic acid groups (broad SMARTS) is 2. The molecule has 2 heterocycles. The lowest BCUT2D eigenvalue weighted by Crippen LogP contribution is -2.31. The maximum Gasteiger partial charge on any atom is 0.315 e. The Balaban J connectivity index is 1.69. The summed E-state index contributed by atoms with van der Waals surface area (Å²) in [4.78, 5) is 24.0. The van der Waals surface area contributed by atoms with Crippen LogP contribution in [0.1, 0.15) is 50.5 Å². The Labute approximate surface area is 209 Å². The number of hydrogen-bond donors (Lipinski definition) is 2. The van der Waals surface area contributed by atoms with Crippen LogP contribution in [-0.2, 0) is 33.3 Å². The summed E-state index contributed by atoms with van der Waals surface area (Å²) < 4.78 is 3.37. The molecule has 0 aliphatic heterocycles. The minimum atomic E-state index is -1.14. The molecule has 0 atom stereocenters. The zero-order chi connectivity index (χ0) is 26.1. The van der Waals surface area contributed by atoms with E-state index in [0.29, 0.717) is 24.2 Å². The first-order chi connectivity index (χ1) is 17.0.